The second-order valence-electron chi connectivity index (χ2n) is 6.06. The van der Waals surface area contributed by atoms with E-state index < -0.39 is 10.0 Å². The van der Waals surface area contributed by atoms with Crippen molar-refractivity contribution in [2.45, 2.75) is 32.1 Å². The van der Waals surface area contributed by atoms with Crippen LogP contribution in [0, 0.1) is 13.8 Å². The van der Waals surface area contributed by atoms with Crippen LogP contribution in [0.4, 0.5) is 5.69 Å². The minimum absolute atomic E-state index is 0.254. The van der Waals surface area contributed by atoms with Crippen LogP contribution in [0.5, 0.6) is 0 Å². The van der Waals surface area contributed by atoms with Crippen molar-refractivity contribution in [3.05, 3.63) is 77.6 Å². The minimum atomic E-state index is -3.61. The highest BCUT2D eigenvalue weighted by atomic mass is 32.2. The molecule has 3 rings (SSSR count). The average molecular weight is 354 g/mol. The molecule has 0 bridgehead atoms. The first-order valence-electron chi connectivity index (χ1n) is 8.28. The van der Waals surface area contributed by atoms with E-state index in [4.69, 9.17) is 0 Å². The number of sulfonamides is 1. The first-order valence-corrected chi connectivity index (χ1v) is 9.77. The van der Waals surface area contributed by atoms with Gasteiger partial charge in [0.1, 0.15) is 0 Å². The number of anilines is 1. The maximum absolute atomic E-state index is 12.7. The molecule has 2 aromatic carbocycles. The van der Waals surface area contributed by atoms with Crippen LogP contribution in [0.25, 0.3) is 5.69 Å². The zero-order valence-corrected chi connectivity index (χ0v) is 15.5. The van der Waals surface area contributed by atoms with Crippen LogP contribution in [0.2, 0.25) is 0 Å². The molecule has 0 aliphatic carbocycles. The topological polar surface area (TPSA) is 51.1 Å². The molecule has 0 atom stereocenters. The van der Waals surface area contributed by atoms with Gasteiger partial charge in [-0.1, -0.05) is 25.1 Å². The van der Waals surface area contributed by atoms with Gasteiger partial charge in [0, 0.05) is 17.1 Å². The fourth-order valence-electron chi connectivity index (χ4n) is 2.98. The Bertz CT molecular complexity index is 967. The van der Waals surface area contributed by atoms with E-state index >= 15 is 0 Å². The standard InChI is InChI=1S/C20H22N2O2S/c1-4-17-7-5-6-8-20(17)21-25(23,24)19-13-11-18(12-14-19)22-15(2)9-10-16(22)3/h5-14,21H,4H2,1-3H3. The predicted molar refractivity (Wildman–Crippen MR) is 102 cm³/mol. The quantitative estimate of drug-likeness (QED) is 0.735. The number of hydrogen-bond acceptors (Lipinski definition) is 2. The third-order valence-corrected chi connectivity index (χ3v) is 5.70. The molecule has 1 N–H and O–H groups in total. The summed E-state index contributed by atoms with van der Waals surface area (Å²) in [5, 5.41) is 0. The number of nitrogens with zero attached hydrogens (tertiary/aromatic N) is 1. The normalized spacial score (nSPS) is 11.5. The Labute approximate surface area is 149 Å². The van der Waals surface area contributed by atoms with Crippen LogP contribution in [-0.2, 0) is 16.4 Å². The van der Waals surface area contributed by atoms with Crippen molar-refractivity contribution in [2.24, 2.45) is 0 Å². The zero-order valence-electron chi connectivity index (χ0n) is 14.7. The molecule has 5 heteroatoms. The summed E-state index contributed by atoms with van der Waals surface area (Å²) in [4.78, 5) is 0.254. The molecule has 1 heterocycles. The Morgan fingerprint density at radius 2 is 1.48 bits per heavy atom. The molecule has 0 amide bonds. The number of nitrogens with one attached hydrogen (secondary N) is 1. The van der Waals surface area contributed by atoms with Gasteiger partial charge in [-0.15, -0.1) is 0 Å². The lowest BCUT2D eigenvalue weighted by atomic mass is 10.1. The summed E-state index contributed by atoms with van der Waals surface area (Å²) in [6.07, 6.45) is 0.768. The summed E-state index contributed by atoms with van der Waals surface area (Å²) in [5.41, 5.74) is 4.78. The Kier molecular flexibility index (Phi) is 4.68. The van der Waals surface area contributed by atoms with Gasteiger partial charge in [-0.05, 0) is 68.3 Å². The largest absolute Gasteiger partial charge is 0.319 e. The molecule has 1 aromatic heterocycles. The zero-order chi connectivity index (χ0) is 18.0. The first kappa shape index (κ1) is 17.3. The van der Waals surface area contributed by atoms with E-state index in [1.165, 1.54) is 0 Å². The second kappa shape index (κ2) is 6.76. The summed E-state index contributed by atoms with van der Waals surface area (Å²) in [6.45, 7) is 6.06. The number of aromatic nitrogens is 1. The van der Waals surface area contributed by atoms with E-state index in [1.807, 2.05) is 63.2 Å². The average Bonchev–Trinajstić information content (AvgIpc) is 2.94. The molecule has 0 saturated carbocycles. The van der Waals surface area contributed by atoms with E-state index in [0.717, 1.165) is 29.1 Å². The van der Waals surface area contributed by atoms with Gasteiger partial charge in [0.25, 0.3) is 10.0 Å². The van der Waals surface area contributed by atoms with Crippen LogP contribution in [0.1, 0.15) is 23.9 Å². The maximum Gasteiger partial charge on any atom is 0.261 e. The van der Waals surface area contributed by atoms with Crippen LogP contribution in [-0.4, -0.2) is 13.0 Å². The van der Waals surface area contributed by atoms with E-state index in [9.17, 15) is 8.42 Å². The lowest BCUT2D eigenvalue weighted by Gasteiger charge is -2.13. The van der Waals surface area contributed by atoms with Crippen LogP contribution in [0.15, 0.2) is 65.6 Å². The number of aryl methyl sites for hydroxylation is 3. The van der Waals surface area contributed by atoms with E-state index in [0.29, 0.717) is 5.69 Å². The fraction of sp³-hybridized carbons (Fsp3) is 0.200. The van der Waals surface area contributed by atoms with Crippen molar-refractivity contribution >= 4 is 15.7 Å². The second-order valence-corrected chi connectivity index (χ2v) is 7.74. The van der Waals surface area contributed by atoms with Crippen LogP contribution < -0.4 is 4.72 Å². The number of para-hydroxylation sites is 1. The van der Waals surface area contributed by atoms with Crippen molar-refractivity contribution in [1.82, 2.24) is 4.57 Å². The summed E-state index contributed by atoms with van der Waals surface area (Å²) in [6, 6.07) is 18.5. The Hall–Kier alpha value is -2.53. The lowest BCUT2D eigenvalue weighted by Crippen LogP contribution is -2.14. The molecule has 0 spiro atoms. The Morgan fingerprint density at radius 3 is 2.08 bits per heavy atom. The fourth-order valence-corrected chi connectivity index (χ4v) is 4.08. The van der Waals surface area contributed by atoms with Gasteiger partial charge in [-0.3, -0.25) is 4.72 Å². The molecule has 3 aromatic rings. The molecule has 0 aliphatic rings. The third-order valence-electron chi connectivity index (χ3n) is 4.32. The van der Waals surface area contributed by atoms with Crippen molar-refractivity contribution in [1.29, 1.82) is 0 Å². The number of hydrogen-bond donors (Lipinski definition) is 1. The molecule has 0 fully saturated rings. The Morgan fingerprint density at radius 1 is 0.880 bits per heavy atom. The molecule has 0 aliphatic heterocycles. The molecule has 25 heavy (non-hydrogen) atoms. The van der Waals surface area contributed by atoms with E-state index in [1.54, 1.807) is 18.2 Å². The smallest absolute Gasteiger partial charge is 0.261 e. The first-order chi connectivity index (χ1) is 11.9. The van der Waals surface area contributed by atoms with Crippen molar-refractivity contribution < 1.29 is 8.42 Å². The van der Waals surface area contributed by atoms with Gasteiger partial charge in [-0.25, -0.2) is 8.42 Å². The summed E-state index contributed by atoms with van der Waals surface area (Å²) in [7, 11) is -3.61. The van der Waals surface area contributed by atoms with E-state index in [2.05, 4.69) is 9.29 Å². The molecule has 130 valence electrons. The van der Waals surface area contributed by atoms with Gasteiger partial charge in [0.2, 0.25) is 0 Å². The predicted octanol–water partition coefficient (Wildman–Crippen LogP) is 4.46. The van der Waals surface area contributed by atoms with Gasteiger partial charge < -0.3 is 4.57 Å². The van der Waals surface area contributed by atoms with Crippen molar-refractivity contribution in [3.8, 4) is 5.69 Å². The highest BCUT2D eigenvalue weighted by Gasteiger charge is 2.16. The molecular formula is C20H22N2O2S. The highest BCUT2D eigenvalue weighted by Crippen LogP contribution is 2.22. The van der Waals surface area contributed by atoms with E-state index in [-0.39, 0.29) is 4.90 Å². The van der Waals surface area contributed by atoms with Gasteiger partial charge >= 0.3 is 0 Å². The molecule has 0 unspecified atom stereocenters. The summed E-state index contributed by atoms with van der Waals surface area (Å²) in [5.74, 6) is 0. The monoisotopic (exact) mass is 354 g/mol. The van der Waals surface area contributed by atoms with Crippen molar-refractivity contribution in [2.75, 3.05) is 4.72 Å². The molecular weight excluding hydrogens is 332 g/mol. The van der Waals surface area contributed by atoms with Crippen molar-refractivity contribution in [3.63, 3.8) is 0 Å². The third kappa shape index (κ3) is 3.46. The number of benzene rings is 2. The molecule has 4 nitrogen and oxygen atoms in total. The van der Waals surface area contributed by atoms with Crippen LogP contribution >= 0.6 is 0 Å². The number of rotatable bonds is 5. The Balaban J connectivity index is 1.91. The molecule has 0 radical (unpaired) electrons. The maximum atomic E-state index is 12.7. The SMILES string of the molecule is CCc1ccccc1NS(=O)(=O)c1ccc(-n2c(C)ccc2C)cc1. The van der Waals surface area contributed by atoms with Gasteiger partial charge in [0.05, 0.1) is 10.6 Å². The van der Waals surface area contributed by atoms with Crippen LogP contribution in [0.3, 0.4) is 0 Å². The summed E-state index contributed by atoms with van der Waals surface area (Å²) >= 11 is 0. The highest BCUT2D eigenvalue weighted by molar-refractivity contribution is 7.92. The lowest BCUT2D eigenvalue weighted by molar-refractivity contribution is 0.601. The summed E-state index contributed by atoms with van der Waals surface area (Å²) < 4.78 is 30.2. The van der Waals surface area contributed by atoms with Gasteiger partial charge in [-0.2, -0.15) is 0 Å². The van der Waals surface area contributed by atoms with Gasteiger partial charge in [0.15, 0.2) is 0 Å². The minimum Gasteiger partial charge on any atom is -0.319 e. The molecule has 0 saturated heterocycles.